The van der Waals surface area contributed by atoms with Gasteiger partial charge in [-0.25, -0.2) is 8.42 Å². The molecule has 2 aromatic carbocycles. The van der Waals surface area contributed by atoms with Crippen LogP contribution >= 0.6 is 0 Å². The molecule has 0 aliphatic heterocycles. The van der Waals surface area contributed by atoms with Crippen LogP contribution in [0.4, 0.5) is 17.1 Å². The largest absolute Gasteiger partial charge is 0.494 e. The number of hydrogen-bond acceptors (Lipinski definition) is 5. The highest BCUT2D eigenvalue weighted by molar-refractivity contribution is 7.92. The fraction of sp³-hybridized carbons (Fsp3) is 0.300. The Bertz CT molecular complexity index is 957. The van der Waals surface area contributed by atoms with Crippen molar-refractivity contribution >= 4 is 38.9 Å². The molecule has 2 rings (SSSR count). The summed E-state index contributed by atoms with van der Waals surface area (Å²) in [5, 5.41) is 5.33. The lowest BCUT2D eigenvalue weighted by atomic mass is 10.2. The molecule has 0 aliphatic carbocycles. The molecule has 9 heteroatoms. The predicted octanol–water partition coefficient (Wildman–Crippen LogP) is 2.84. The number of carbonyl (C=O) groups is 2. The molecule has 2 N–H and O–H groups in total. The quantitative estimate of drug-likeness (QED) is 0.685. The van der Waals surface area contributed by atoms with Crippen molar-refractivity contribution < 1.29 is 22.7 Å². The van der Waals surface area contributed by atoms with Crippen molar-refractivity contribution in [2.75, 3.05) is 27.8 Å². The van der Waals surface area contributed by atoms with E-state index >= 15 is 0 Å². The Balaban J connectivity index is 2.19. The van der Waals surface area contributed by atoms with Gasteiger partial charge in [0.1, 0.15) is 11.8 Å². The van der Waals surface area contributed by atoms with E-state index in [4.69, 9.17) is 4.74 Å². The summed E-state index contributed by atoms with van der Waals surface area (Å²) in [6.07, 6.45) is 1.05. The molecule has 0 spiro atoms. The summed E-state index contributed by atoms with van der Waals surface area (Å²) >= 11 is 0. The molecular formula is C20H25N3O5S. The van der Waals surface area contributed by atoms with Gasteiger partial charge in [0, 0.05) is 18.3 Å². The van der Waals surface area contributed by atoms with Crippen LogP contribution in [0.2, 0.25) is 0 Å². The Hall–Kier alpha value is -3.07. The number of sulfonamides is 1. The van der Waals surface area contributed by atoms with Gasteiger partial charge in [-0.05, 0) is 62.4 Å². The molecule has 2 amide bonds. The van der Waals surface area contributed by atoms with Crippen molar-refractivity contribution in [2.24, 2.45) is 0 Å². The van der Waals surface area contributed by atoms with E-state index in [0.29, 0.717) is 29.4 Å². The molecule has 0 fully saturated rings. The Morgan fingerprint density at radius 1 is 1.00 bits per heavy atom. The van der Waals surface area contributed by atoms with Gasteiger partial charge in [0.25, 0.3) is 0 Å². The lowest BCUT2D eigenvalue weighted by Gasteiger charge is -2.28. The normalized spacial score (nSPS) is 12.0. The van der Waals surface area contributed by atoms with Gasteiger partial charge in [0.2, 0.25) is 21.8 Å². The van der Waals surface area contributed by atoms with Crippen molar-refractivity contribution in [3.63, 3.8) is 0 Å². The average molecular weight is 420 g/mol. The smallest absolute Gasteiger partial charge is 0.247 e. The highest BCUT2D eigenvalue weighted by Gasteiger charge is 2.29. The Morgan fingerprint density at radius 2 is 1.52 bits per heavy atom. The summed E-state index contributed by atoms with van der Waals surface area (Å²) in [5.41, 5.74) is 1.44. The van der Waals surface area contributed by atoms with Gasteiger partial charge in [-0.2, -0.15) is 0 Å². The van der Waals surface area contributed by atoms with Gasteiger partial charge in [-0.15, -0.1) is 0 Å². The highest BCUT2D eigenvalue weighted by Crippen LogP contribution is 2.24. The van der Waals surface area contributed by atoms with Gasteiger partial charge in [0.05, 0.1) is 18.6 Å². The Labute approximate surface area is 170 Å². The molecule has 0 saturated heterocycles. The van der Waals surface area contributed by atoms with Crippen LogP contribution in [-0.4, -0.2) is 39.1 Å². The van der Waals surface area contributed by atoms with Crippen LogP contribution in [0.15, 0.2) is 48.5 Å². The number of rotatable bonds is 8. The molecule has 1 atom stereocenters. The summed E-state index contributed by atoms with van der Waals surface area (Å²) in [5.74, 6) is -0.0767. The van der Waals surface area contributed by atoms with E-state index in [-0.39, 0.29) is 5.91 Å². The zero-order valence-electron chi connectivity index (χ0n) is 16.8. The van der Waals surface area contributed by atoms with E-state index in [2.05, 4.69) is 10.6 Å². The second-order valence-corrected chi connectivity index (χ2v) is 8.27. The fourth-order valence-corrected chi connectivity index (χ4v) is 3.93. The van der Waals surface area contributed by atoms with E-state index in [1.807, 2.05) is 6.92 Å². The first-order chi connectivity index (χ1) is 13.6. The van der Waals surface area contributed by atoms with E-state index in [9.17, 15) is 18.0 Å². The van der Waals surface area contributed by atoms with Crippen molar-refractivity contribution in [2.45, 2.75) is 26.8 Å². The van der Waals surface area contributed by atoms with Gasteiger partial charge in [-0.3, -0.25) is 13.9 Å². The van der Waals surface area contributed by atoms with Crippen LogP contribution in [0.25, 0.3) is 0 Å². The van der Waals surface area contributed by atoms with Gasteiger partial charge < -0.3 is 15.4 Å². The number of amides is 2. The first kappa shape index (κ1) is 22.2. The standard InChI is InChI=1S/C20H25N3O5S/c1-5-28-19-12-10-18(11-13-19)23(29(4,26)27)14(2)20(25)22-17-8-6-16(7-9-17)21-15(3)24/h6-14H,5H2,1-4H3,(H,21,24)(H,22,25)/t14-/m0/s1. The molecule has 0 aliphatic rings. The number of ether oxygens (including phenoxy) is 1. The van der Waals surface area contributed by atoms with Crippen molar-refractivity contribution in [3.05, 3.63) is 48.5 Å². The third-order valence-corrected chi connectivity index (χ3v) is 5.21. The first-order valence-electron chi connectivity index (χ1n) is 9.02. The predicted molar refractivity (Wildman–Crippen MR) is 114 cm³/mol. The van der Waals surface area contributed by atoms with Crippen LogP contribution in [0.1, 0.15) is 20.8 Å². The molecule has 0 radical (unpaired) electrons. The van der Waals surface area contributed by atoms with Crippen LogP contribution < -0.4 is 19.7 Å². The van der Waals surface area contributed by atoms with Gasteiger partial charge >= 0.3 is 0 Å². The van der Waals surface area contributed by atoms with Crippen molar-refractivity contribution in [1.29, 1.82) is 0 Å². The third kappa shape index (κ3) is 6.21. The molecular weight excluding hydrogens is 394 g/mol. The Morgan fingerprint density at radius 3 is 1.97 bits per heavy atom. The average Bonchev–Trinajstić information content (AvgIpc) is 2.63. The van der Waals surface area contributed by atoms with Crippen LogP contribution in [-0.2, 0) is 19.6 Å². The number of carbonyl (C=O) groups excluding carboxylic acids is 2. The highest BCUT2D eigenvalue weighted by atomic mass is 32.2. The number of benzene rings is 2. The van der Waals surface area contributed by atoms with Crippen molar-refractivity contribution in [3.8, 4) is 5.75 Å². The molecule has 156 valence electrons. The third-order valence-electron chi connectivity index (χ3n) is 3.96. The summed E-state index contributed by atoms with van der Waals surface area (Å²) < 4.78 is 31.2. The number of nitrogens with one attached hydrogen (secondary N) is 2. The summed E-state index contributed by atoms with van der Waals surface area (Å²) in [6, 6.07) is 12.0. The maximum Gasteiger partial charge on any atom is 0.247 e. The van der Waals surface area contributed by atoms with Crippen LogP contribution in [0.3, 0.4) is 0 Å². The molecule has 0 unspecified atom stereocenters. The second kappa shape index (κ2) is 9.42. The number of hydrogen-bond donors (Lipinski definition) is 2. The molecule has 0 aromatic heterocycles. The van der Waals surface area contributed by atoms with Crippen LogP contribution in [0, 0.1) is 0 Å². The van der Waals surface area contributed by atoms with Gasteiger partial charge in [0.15, 0.2) is 0 Å². The molecule has 2 aromatic rings. The maximum absolute atomic E-state index is 12.7. The van der Waals surface area contributed by atoms with Crippen LogP contribution in [0.5, 0.6) is 5.75 Å². The molecule has 8 nitrogen and oxygen atoms in total. The fourth-order valence-electron chi connectivity index (χ4n) is 2.75. The number of nitrogens with zero attached hydrogens (tertiary/aromatic N) is 1. The monoisotopic (exact) mass is 419 g/mol. The zero-order chi connectivity index (χ0) is 21.6. The lowest BCUT2D eigenvalue weighted by molar-refractivity contribution is -0.117. The minimum absolute atomic E-state index is 0.199. The summed E-state index contributed by atoms with van der Waals surface area (Å²) in [7, 11) is -3.72. The summed E-state index contributed by atoms with van der Waals surface area (Å²) in [6.45, 7) is 5.26. The molecule has 29 heavy (non-hydrogen) atoms. The maximum atomic E-state index is 12.7. The van der Waals surface area contributed by atoms with E-state index < -0.39 is 22.0 Å². The van der Waals surface area contributed by atoms with E-state index in [0.717, 1.165) is 10.6 Å². The van der Waals surface area contributed by atoms with E-state index in [1.165, 1.54) is 13.8 Å². The minimum atomic E-state index is -3.72. The SMILES string of the molecule is CCOc1ccc(N([C@@H](C)C(=O)Nc2ccc(NC(C)=O)cc2)S(C)(=O)=O)cc1. The van der Waals surface area contributed by atoms with E-state index in [1.54, 1.807) is 48.5 Å². The van der Waals surface area contributed by atoms with Crippen molar-refractivity contribution in [1.82, 2.24) is 0 Å². The summed E-state index contributed by atoms with van der Waals surface area (Å²) in [4.78, 5) is 23.8. The Kier molecular flexibility index (Phi) is 7.22. The minimum Gasteiger partial charge on any atom is -0.494 e. The number of anilines is 3. The topological polar surface area (TPSA) is 105 Å². The molecule has 0 bridgehead atoms. The zero-order valence-corrected chi connectivity index (χ0v) is 17.6. The van der Waals surface area contributed by atoms with Gasteiger partial charge in [-0.1, -0.05) is 0 Å². The molecule has 0 saturated carbocycles. The lowest BCUT2D eigenvalue weighted by Crippen LogP contribution is -2.45. The molecule has 0 heterocycles. The second-order valence-electron chi connectivity index (χ2n) is 6.41. The first-order valence-corrected chi connectivity index (χ1v) is 10.9.